The van der Waals surface area contributed by atoms with Crippen LogP contribution < -0.4 is 15.0 Å². The van der Waals surface area contributed by atoms with Gasteiger partial charge in [-0.05, 0) is 79.4 Å². The number of carbonyl (C=O) groups is 1. The summed E-state index contributed by atoms with van der Waals surface area (Å²) in [4.78, 5) is 26.3. The quantitative estimate of drug-likeness (QED) is 0.388. The second-order valence-corrected chi connectivity index (χ2v) is 9.33. The fraction of sp³-hybridized carbons (Fsp3) is 0.414. The molecule has 0 bridgehead atoms. The fourth-order valence-corrected chi connectivity index (χ4v) is 4.63. The molecule has 37 heavy (non-hydrogen) atoms. The molecule has 2 heterocycles. The first-order valence-corrected chi connectivity index (χ1v) is 12.9. The molecule has 1 aromatic heterocycles. The van der Waals surface area contributed by atoms with E-state index in [4.69, 9.17) is 9.47 Å². The van der Waals surface area contributed by atoms with Crippen LogP contribution in [0.1, 0.15) is 34.0 Å². The third kappa shape index (κ3) is 6.84. The van der Waals surface area contributed by atoms with Crippen molar-refractivity contribution in [1.29, 1.82) is 0 Å². The van der Waals surface area contributed by atoms with Gasteiger partial charge in [-0.1, -0.05) is 6.92 Å². The first-order chi connectivity index (χ1) is 18.0. The molecule has 2 aromatic carbocycles. The van der Waals surface area contributed by atoms with Gasteiger partial charge in [0.15, 0.2) is 5.78 Å². The summed E-state index contributed by atoms with van der Waals surface area (Å²) in [5.74, 6) is 1.22. The number of hydrogen-bond donors (Lipinski definition) is 1. The Bertz CT molecular complexity index is 1170. The Labute approximate surface area is 219 Å². The van der Waals surface area contributed by atoms with E-state index in [1.54, 1.807) is 13.2 Å². The van der Waals surface area contributed by atoms with Gasteiger partial charge in [-0.15, -0.1) is 0 Å². The van der Waals surface area contributed by atoms with Gasteiger partial charge in [0.1, 0.15) is 12.4 Å². The average molecular weight is 504 g/mol. The smallest absolute Gasteiger partial charge is 0.227 e. The lowest BCUT2D eigenvalue weighted by molar-refractivity contribution is 0.0847. The Morgan fingerprint density at radius 2 is 1.70 bits per heavy atom. The summed E-state index contributed by atoms with van der Waals surface area (Å²) in [6.45, 7) is 9.74. The van der Waals surface area contributed by atoms with Crippen LogP contribution in [0.5, 0.6) is 5.75 Å². The van der Waals surface area contributed by atoms with Crippen molar-refractivity contribution < 1.29 is 14.3 Å². The number of methoxy groups -OCH3 is 2. The van der Waals surface area contributed by atoms with E-state index in [9.17, 15) is 4.79 Å². The number of ketones is 1. The van der Waals surface area contributed by atoms with Crippen molar-refractivity contribution in [1.82, 2.24) is 14.9 Å². The molecule has 1 aliphatic rings. The number of benzene rings is 2. The van der Waals surface area contributed by atoms with E-state index < -0.39 is 0 Å². The molecule has 0 aliphatic carbocycles. The number of nitrogens with zero attached hydrogens (tertiary/aromatic N) is 4. The zero-order valence-electron chi connectivity index (χ0n) is 22.3. The third-order valence-electron chi connectivity index (χ3n) is 6.98. The van der Waals surface area contributed by atoms with Crippen LogP contribution >= 0.6 is 0 Å². The monoisotopic (exact) mass is 503 g/mol. The van der Waals surface area contributed by atoms with Gasteiger partial charge in [0.25, 0.3) is 0 Å². The van der Waals surface area contributed by atoms with Crippen LogP contribution in [-0.2, 0) is 17.6 Å². The van der Waals surface area contributed by atoms with E-state index in [-0.39, 0.29) is 12.4 Å². The number of aromatic nitrogens is 2. The zero-order chi connectivity index (χ0) is 26.2. The summed E-state index contributed by atoms with van der Waals surface area (Å²) < 4.78 is 10.5. The van der Waals surface area contributed by atoms with Gasteiger partial charge >= 0.3 is 0 Å². The molecule has 1 fully saturated rings. The number of Topliss-reactive ketones (excluding diaryl/α,β-unsaturated/α-hetero) is 1. The van der Waals surface area contributed by atoms with Gasteiger partial charge in [0.2, 0.25) is 5.95 Å². The van der Waals surface area contributed by atoms with Crippen molar-refractivity contribution in [3.8, 4) is 5.75 Å². The molecule has 1 saturated heterocycles. The van der Waals surface area contributed by atoms with Crippen molar-refractivity contribution in [2.45, 2.75) is 26.7 Å². The molecule has 3 aromatic rings. The summed E-state index contributed by atoms with van der Waals surface area (Å²) in [6, 6.07) is 12.2. The minimum atomic E-state index is -0.0621. The van der Waals surface area contributed by atoms with Gasteiger partial charge < -0.3 is 24.6 Å². The molecule has 8 heteroatoms. The van der Waals surface area contributed by atoms with Gasteiger partial charge in [0, 0.05) is 62.6 Å². The molecular formula is C29H37N5O3. The number of rotatable bonds is 11. The van der Waals surface area contributed by atoms with Crippen LogP contribution in [0, 0.1) is 6.92 Å². The summed E-state index contributed by atoms with van der Waals surface area (Å²) in [5, 5.41) is 3.29. The highest BCUT2D eigenvalue weighted by atomic mass is 16.5. The van der Waals surface area contributed by atoms with Crippen LogP contribution in [0.15, 0.2) is 48.8 Å². The summed E-state index contributed by atoms with van der Waals surface area (Å²) in [5.41, 5.74) is 5.94. The second kappa shape index (κ2) is 12.7. The number of likely N-dealkylation sites (N-methyl/N-ethyl adjacent to an activating group) is 1. The molecule has 0 amide bonds. The first-order valence-electron chi connectivity index (χ1n) is 12.9. The molecule has 4 rings (SSSR count). The Balaban J connectivity index is 1.35. The van der Waals surface area contributed by atoms with Gasteiger partial charge in [-0.2, -0.15) is 0 Å². The third-order valence-corrected chi connectivity index (χ3v) is 6.98. The summed E-state index contributed by atoms with van der Waals surface area (Å²) in [6.07, 6.45) is 5.21. The molecule has 0 spiro atoms. The molecule has 0 unspecified atom stereocenters. The van der Waals surface area contributed by atoms with Crippen LogP contribution in [0.3, 0.4) is 0 Å². The first kappa shape index (κ1) is 26.6. The lowest BCUT2D eigenvalue weighted by Gasteiger charge is -2.35. The Morgan fingerprint density at radius 3 is 2.32 bits per heavy atom. The van der Waals surface area contributed by atoms with E-state index in [2.05, 4.69) is 56.3 Å². The second-order valence-electron chi connectivity index (χ2n) is 9.33. The predicted octanol–water partition coefficient (Wildman–Crippen LogP) is 4.29. The highest BCUT2D eigenvalue weighted by molar-refractivity contribution is 5.97. The van der Waals surface area contributed by atoms with Crippen LogP contribution in [-0.4, -0.2) is 74.2 Å². The van der Waals surface area contributed by atoms with Crippen molar-refractivity contribution in [2.75, 3.05) is 63.8 Å². The molecular weight excluding hydrogens is 466 g/mol. The topological polar surface area (TPSA) is 79.8 Å². The Morgan fingerprint density at radius 1 is 1.00 bits per heavy atom. The Kier molecular flexibility index (Phi) is 9.09. The Hall–Kier alpha value is -3.49. The number of ether oxygens (including phenoxy) is 2. The number of carbonyl (C=O) groups excluding carboxylic acids is 1. The summed E-state index contributed by atoms with van der Waals surface area (Å²) in [7, 11) is 3.14. The van der Waals surface area contributed by atoms with E-state index in [1.807, 2.05) is 25.4 Å². The van der Waals surface area contributed by atoms with Crippen molar-refractivity contribution in [3.05, 3.63) is 71.0 Å². The van der Waals surface area contributed by atoms with E-state index in [1.165, 1.54) is 12.8 Å². The molecule has 8 nitrogen and oxygen atoms in total. The maximum absolute atomic E-state index is 12.3. The lowest BCUT2D eigenvalue weighted by atomic mass is 9.97. The molecule has 0 radical (unpaired) electrons. The van der Waals surface area contributed by atoms with Gasteiger partial charge in [-0.25, -0.2) is 9.97 Å². The number of anilines is 3. The largest absolute Gasteiger partial charge is 0.496 e. The SMILES string of the molecule is CCN1CCN(c2ccc(Nc3ncc(CCc4cc(C(=O)COC)cc(OC)c4C)cn3)cc2)CC1. The van der Waals surface area contributed by atoms with Crippen LogP contribution in [0.25, 0.3) is 0 Å². The van der Waals surface area contributed by atoms with E-state index in [0.717, 1.165) is 67.9 Å². The van der Waals surface area contributed by atoms with Crippen molar-refractivity contribution >= 4 is 23.1 Å². The van der Waals surface area contributed by atoms with Gasteiger partial charge in [-0.3, -0.25) is 4.79 Å². The highest BCUT2D eigenvalue weighted by Gasteiger charge is 2.16. The van der Waals surface area contributed by atoms with Crippen LogP contribution in [0.2, 0.25) is 0 Å². The number of nitrogens with one attached hydrogen (secondary N) is 1. The lowest BCUT2D eigenvalue weighted by Crippen LogP contribution is -2.46. The minimum absolute atomic E-state index is 0.0483. The number of hydrogen-bond acceptors (Lipinski definition) is 8. The summed E-state index contributed by atoms with van der Waals surface area (Å²) >= 11 is 0. The highest BCUT2D eigenvalue weighted by Crippen LogP contribution is 2.26. The zero-order valence-corrected chi connectivity index (χ0v) is 22.3. The number of piperazine rings is 1. The fourth-order valence-electron chi connectivity index (χ4n) is 4.63. The van der Waals surface area contributed by atoms with E-state index >= 15 is 0 Å². The molecule has 0 saturated carbocycles. The predicted molar refractivity (Wildman–Crippen MR) is 147 cm³/mol. The number of aryl methyl sites for hydroxylation is 2. The normalized spacial score (nSPS) is 14.0. The van der Waals surface area contributed by atoms with Gasteiger partial charge in [0.05, 0.1) is 7.11 Å². The van der Waals surface area contributed by atoms with Crippen molar-refractivity contribution in [3.63, 3.8) is 0 Å². The van der Waals surface area contributed by atoms with Crippen molar-refractivity contribution in [2.24, 2.45) is 0 Å². The maximum Gasteiger partial charge on any atom is 0.227 e. The standard InChI is InChI=1S/C29H37N5O3/c1-5-33-12-14-34(15-13-33)26-10-8-25(9-11-26)32-29-30-18-22(19-31-29)6-7-23-16-24(27(35)20-36-3)17-28(37-4)21(23)2/h8-11,16-19H,5-7,12-15,20H2,1-4H3,(H,30,31,32). The molecule has 1 N–H and O–H groups in total. The maximum atomic E-state index is 12.3. The van der Waals surface area contributed by atoms with E-state index in [0.29, 0.717) is 17.3 Å². The molecule has 1 aliphatic heterocycles. The van der Waals surface area contributed by atoms with Crippen LogP contribution in [0.4, 0.5) is 17.3 Å². The average Bonchev–Trinajstić information content (AvgIpc) is 2.94. The minimum Gasteiger partial charge on any atom is -0.496 e. The molecule has 196 valence electrons. The molecule has 0 atom stereocenters.